The fourth-order valence-corrected chi connectivity index (χ4v) is 3.82. The number of thioether (sulfide) groups is 1. The third-order valence-electron chi connectivity index (χ3n) is 3.71. The van der Waals surface area contributed by atoms with Gasteiger partial charge in [0.25, 0.3) is 0 Å². The number of rotatable bonds is 4. The second-order valence-electron chi connectivity index (χ2n) is 5.13. The predicted octanol–water partition coefficient (Wildman–Crippen LogP) is 0.761. The first-order valence-electron chi connectivity index (χ1n) is 6.46. The summed E-state index contributed by atoms with van der Waals surface area (Å²) in [5, 5.41) is 3.92. The SMILES string of the molecule is O=C1CC(NCC2CCCS2)C(=O)N1C1CC1. The van der Waals surface area contributed by atoms with Crippen molar-refractivity contribution in [2.75, 3.05) is 12.3 Å². The summed E-state index contributed by atoms with van der Waals surface area (Å²) in [6.07, 6.45) is 4.89. The molecule has 0 aromatic carbocycles. The smallest absolute Gasteiger partial charge is 0.247 e. The molecule has 2 amide bonds. The molecule has 1 saturated carbocycles. The molecule has 2 heterocycles. The second kappa shape index (κ2) is 4.61. The lowest BCUT2D eigenvalue weighted by Crippen LogP contribution is -2.41. The van der Waals surface area contributed by atoms with Gasteiger partial charge in [0.1, 0.15) is 0 Å². The number of nitrogens with one attached hydrogen (secondary N) is 1. The number of hydrogen-bond acceptors (Lipinski definition) is 4. The molecule has 3 aliphatic rings. The van der Waals surface area contributed by atoms with Crippen LogP contribution in [-0.4, -0.2) is 46.3 Å². The van der Waals surface area contributed by atoms with Gasteiger partial charge >= 0.3 is 0 Å². The summed E-state index contributed by atoms with van der Waals surface area (Å²) in [4.78, 5) is 25.3. The third-order valence-corrected chi connectivity index (χ3v) is 5.11. The minimum atomic E-state index is -0.246. The Morgan fingerprint density at radius 3 is 2.76 bits per heavy atom. The summed E-state index contributed by atoms with van der Waals surface area (Å²) in [5.74, 6) is 1.27. The fraction of sp³-hybridized carbons (Fsp3) is 0.833. The van der Waals surface area contributed by atoms with Crippen LogP contribution < -0.4 is 5.32 Å². The van der Waals surface area contributed by atoms with Gasteiger partial charge in [-0.2, -0.15) is 11.8 Å². The molecule has 1 N–H and O–H groups in total. The highest BCUT2D eigenvalue weighted by molar-refractivity contribution is 8.00. The maximum absolute atomic E-state index is 12.0. The van der Waals surface area contributed by atoms with E-state index in [9.17, 15) is 9.59 Å². The lowest BCUT2D eigenvalue weighted by Gasteiger charge is -2.16. The first-order chi connectivity index (χ1) is 8.25. The molecule has 3 fully saturated rings. The van der Waals surface area contributed by atoms with Gasteiger partial charge in [-0.15, -0.1) is 0 Å². The molecule has 5 heteroatoms. The molecule has 2 atom stereocenters. The number of carbonyl (C=O) groups is 2. The monoisotopic (exact) mass is 254 g/mol. The highest BCUT2D eigenvalue weighted by Crippen LogP contribution is 2.31. The van der Waals surface area contributed by atoms with E-state index in [2.05, 4.69) is 5.32 Å². The maximum Gasteiger partial charge on any atom is 0.247 e. The van der Waals surface area contributed by atoms with Crippen LogP contribution in [0.15, 0.2) is 0 Å². The molecule has 0 aromatic rings. The summed E-state index contributed by atoms with van der Waals surface area (Å²) in [6.45, 7) is 0.868. The quantitative estimate of drug-likeness (QED) is 0.753. The number of imide groups is 1. The van der Waals surface area contributed by atoms with Crippen LogP contribution in [0.1, 0.15) is 32.1 Å². The summed E-state index contributed by atoms with van der Waals surface area (Å²) in [6, 6.07) is -0.0213. The van der Waals surface area contributed by atoms with Crippen molar-refractivity contribution in [3.8, 4) is 0 Å². The Morgan fingerprint density at radius 2 is 2.12 bits per heavy atom. The van der Waals surface area contributed by atoms with E-state index in [0.29, 0.717) is 11.7 Å². The molecule has 94 valence electrons. The number of carbonyl (C=O) groups excluding carboxylic acids is 2. The highest BCUT2D eigenvalue weighted by Gasteiger charge is 2.45. The van der Waals surface area contributed by atoms with E-state index in [0.717, 1.165) is 19.4 Å². The number of amides is 2. The van der Waals surface area contributed by atoms with Gasteiger partial charge in [0.2, 0.25) is 11.8 Å². The number of hydrogen-bond donors (Lipinski definition) is 1. The van der Waals surface area contributed by atoms with Gasteiger partial charge in [-0.1, -0.05) is 0 Å². The second-order valence-corrected chi connectivity index (χ2v) is 6.54. The van der Waals surface area contributed by atoms with Crippen LogP contribution in [0.5, 0.6) is 0 Å². The van der Waals surface area contributed by atoms with Crippen molar-refractivity contribution in [1.29, 1.82) is 0 Å². The largest absolute Gasteiger partial charge is 0.304 e. The van der Waals surface area contributed by atoms with E-state index < -0.39 is 0 Å². The Labute approximate surface area is 105 Å². The van der Waals surface area contributed by atoms with Crippen molar-refractivity contribution in [2.24, 2.45) is 0 Å². The van der Waals surface area contributed by atoms with Crippen LogP contribution in [0, 0.1) is 0 Å². The van der Waals surface area contributed by atoms with Crippen molar-refractivity contribution in [1.82, 2.24) is 10.2 Å². The summed E-state index contributed by atoms with van der Waals surface area (Å²) in [7, 11) is 0. The van der Waals surface area contributed by atoms with E-state index in [1.54, 1.807) is 0 Å². The molecule has 4 nitrogen and oxygen atoms in total. The van der Waals surface area contributed by atoms with Crippen LogP contribution in [0.25, 0.3) is 0 Å². The molecular formula is C12H18N2O2S. The minimum Gasteiger partial charge on any atom is -0.304 e. The Balaban J connectivity index is 1.53. The molecule has 2 unspecified atom stereocenters. The lowest BCUT2D eigenvalue weighted by atomic mass is 10.2. The standard InChI is InChI=1S/C12H18N2O2S/c15-11-6-10(12(16)14(11)8-3-4-8)13-7-9-2-1-5-17-9/h8-10,13H,1-7H2. The van der Waals surface area contributed by atoms with E-state index in [1.165, 1.54) is 23.5 Å². The Bertz CT molecular complexity index is 337. The molecule has 17 heavy (non-hydrogen) atoms. The van der Waals surface area contributed by atoms with Crippen LogP contribution in [0.4, 0.5) is 0 Å². The van der Waals surface area contributed by atoms with Gasteiger partial charge in [-0.05, 0) is 31.4 Å². The van der Waals surface area contributed by atoms with E-state index >= 15 is 0 Å². The van der Waals surface area contributed by atoms with Gasteiger partial charge in [-0.3, -0.25) is 14.5 Å². The van der Waals surface area contributed by atoms with Crippen molar-refractivity contribution in [2.45, 2.75) is 49.4 Å². The average molecular weight is 254 g/mol. The molecule has 1 aliphatic carbocycles. The van der Waals surface area contributed by atoms with Crippen molar-refractivity contribution >= 4 is 23.6 Å². The van der Waals surface area contributed by atoms with Gasteiger partial charge in [0, 0.05) is 17.8 Å². The zero-order chi connectivity index (χ0) is 11.8. The van der Waals surface area contributed by atoms with Gasteiger partial charge in [0.15, 0.2) is 0 Å². The lowest BCUT2D eigenvalue weighted by molar-refractivity contribution is -0.139. The molecule has 0 aromatic heterocycles. The Morgan fingerprint density at radius 1 is 1.29 bits per heavy atom. The molecule has 0 radical (unpaired) electrons. The fourth-order valence-electron chi connectivity index (χ4n) is 2.61. The van der Waals surface area contributed by atoms with Gasteiger partial charge in [0.05, 0.1) is 12.5 Å². The molecule has 2 saturated heterocycles. The summed E-state index contributed by atoms with van der Waals surface area (Å²) < 4.78 is 0. The number of likely N-dealkylation sites (tertiary alicyclic amines) is 1. The number of nitrogens with zero attached hydrogens (tertiary/aromatic N) is 1. The topological polar surface area (TPSA) is 49.4 Å². The third kappa shape index (κ3) is 2.36. The van der Waals surface area contributed by atoms with E-state index in [1.807, 2.05) is 11.8 Å². The maximum atomic E-state index is 12.0. The predicted molar refractivity (Wildman–Crippen MR) is 66.8 cm³/mol. The summed E-state index contributed by atoms with van der Waals surface area (Å²) >= 11 is 1.97. The van der Waals surface area contributed by atoms with Gasteiger partial charge in [-0.25, -0.2) is 0 Å². The molecule has 2 aliphatic heterocycles. The molecular weight excluding hydrogens is 236 g/mol. The zero-order valence-corrected chi connectivity index (χ0v) is 10.7. The highest BCUT2D eigenvalue weighted by atomic mass is 32.2. The molecule has 3 rings (SSSR count). The minimum absolute atomic E-state index is 0.0143. The van der Waals surface area contributed by atoms with E-state index in [4.69, 9.17) is 0 Å². The Kier molecular flexibility index (Phi) is 3.13. The van der Waals surface area contributed by atoms with Crippen molar-refractivity contribution in [3.63, 3.8) is 0 Å². The summed E-state index contributed by atoms with van der Waals surface area (Å²) in [5.41, 5.74) is 0. The first kappa shape index (κ1) is 11.5. The molecule has 0 spiro atoms. The van der Waals surface area contributed by atoms with Crippen LogP contribution >= 0.6 is 11.8 Å². The molecule has 0 bridgehead atoms. The van der Waals surface area contributed by atoms with Gasteiger partial charge < -0.3 is 5.32 Å². The van der Waals surface area contributed by atoms with E-state index in [-0.39, 0.29) is 23.9 Å². The van der Waals surface area contributed by atoms with Crippen LogP contribution in [0.2, 0.25) is 0 Å². The average Bonchev–Trinajstić information content (AvgIpc) is 2.90. The van der Waals surface area contributed by atoms with Crippen molar-refractivity contribution < 1.29 is 9.59 Å². The normalized spacial score (nSPS) is 33.8. The first-order valence-corrected chi connectivity index (χ1v) is 7.51. The van der Waals surface area contributed by atoms with Crippen LogP contribution in [0.3, 0.4) is 0 Å². The van der Waals surface area contributed by atoms with Crippen LogP contribution in [-0.2, 0) is 9.59 Å². The van der Waals surface area contributed by atoms with Crippen molar-refractivity contribution in [3.05, 3.63) is 0 Å². The Hall–Kier alpha value is -0.550. The zero-order valence-electron chi connectivity index (χ0n) is 9.85.